The second-order valence-electron chi connectivity index (χ2n) is 5.94. The topological polar surface area (TPSA) is 96.3 Å². The minimum Gasteiger partial charge on any atom is -0.465 e. The van der Waals surface area contributed by atoms with Crippen LogP contribution in [-0.4, -0.2) is 24.1 Å². The van der Waals surface area contributed by atoms with Crippen molar-refractivity contribution < 1.29 is 19.1 Å². The molecule has 0 amide bonds. The summed E-state index contributed by atoms with van der Waals surface area (Å²) >= 11 is 5.99. The van der Waals surface area contributed by atoms with Crippen molar-refractivity contribution in [1.29, 1.82) is 5.26 Å². The summed E-state index contributed by atoms with van der Waals surface area (Å²) in [5, 5.41) is 12.8. The molecule has 1 unspecified atom stereocenters. The summed E-state index contributed by atoms with van der Waals surface area (Å²) in [6.07, 6.45) is 0. The highest BCUT2D eigenvalue weighted by Gasteiger charge is 2.39. The number of fused-ring (bicyclic) bond motifs is 1. The summed E-state index contributed by atoms with van der Waals surface area (Å²) in [6.45, 7) is 1.63. The molecule has 0 bridgehead atoms. The number of hydrogen-bond donors (Lipinski definition) is 1. The van der Waals surface area contributed by atoms with Gasteiger partial charge >= 0.3 is 5.97 Å². The van der Waals surface area contributed by atoms with E-state index in [1.807, 2.05) is 0 Å². The van der Waals surface area contributed by atoms with E-state index in [1.54, 1.807) is 49.4 Å². The molecule has 7 heteroatoms. The first-order valence-electron chi connectivity index (χ1n) is 8.49. The minimum absolute atomic E-state index is 0.0417. The van der Waals surface area contributed by atoms with Crippen LogP contribution in [0, 0.1) is 17.2 Å². The van der Waals surface area contributed by atoms with Gasteiger partial charge in [0.1, 0.15) is 0 Å². The summed E-state index contributed by atoms with van der Waals surface area (Å²) in [5.74, 6) is -3.48. The molecule has 0 radical (unpaired) electrons. The van der Waals surface area contributed by atoms with Crippen LogP contribution in [0.15, 0.2) is 59.8 Å². The standard InChI is InChI=1S/C21H15ClN2O4/c1-2-28-21(27)16(11-23)17-18(24-13-7-5-6-12(22)10-13)20(26)15-9-4-3-8-14(15)19(17)25/h3-10,16,24H,2H2,1H3. The highest BCUT2D eigenvalue weighted by atomic mass is 35.5. The number of anilines is 1. The average Bonchev–Trinajstić information content (AvgIpc) is 2.69. The lowest BCUT2D eigenvalue weighted by molar-refractivity contribution is -0.144. The summed E-state index contributed by atoms with van der Waals surface area (Å²) < 4.78 is 4.93. The number of Topliss-reactive ketones (excluding diaryl/α,β-unsaturated/α-hetero) is 2. The van der Waals surface area contributed by atoms with Crippen LogP contribution < -0.4 is 5.32 Å². The van der Waals surface area contributed by atoms with Gasteiger partial charge in [-0.05, 0) is 25.1 Å². The molecule has 1 aliphatic rings. The number of allylic oxidation sites excluding steroid dienone is 1. The van der Waals surface area contributed by atoms with Crippen LogP contribution in [0.5, 0.6) is 0 Å². The third kappa shape index (κ3) is 3.53. The predicted octanol–water partition coefficient (Wildman–Crippen LogP) is 3.79. The number of benzene rings is 2. The van der Waals surface area contributed by atoms with Gasteiger partial charge < -0.3 is 10.1 Å². The smallest absolute Gasteiger partial charge is 0.328 e. The van der Waals surface area contributed by atoms with Crippen LogP contribution >= 0.6 is 11.6 Å². The number of carbonyl (C=O) groups excluding carboxylic acids is 3. The fourth-order valence-corrected chi connectivity index (χ4v) is 3.16. The molecule has 1 N–H and O–H groups in total. The molecule has 0 aromatic heterocycles. The Labute approximate surface area is 166 Å². The van der Waals surface area contributed by atoms with E-state index in [2.05, 4.69) is 5.32 Å². The third-order valence-electron chi connectivity index (χ3n) is 4.19. The first-order chi connectivity index (χ1) is 13.5. The Morgan fingerprint density at radius 2 is 1.82 bits per heavy atom. The van der Waals surface area contributed by atoms with Gasteiger partial charge in [-0.15, -0.1) is 0 Å². The van der Waals surface area contributed by atoms with Crippen molar-refractivity contribution in [2.24, 2.45) is 5.92 Å². The van der Waals surface area contributed by atoms with E-state index < -0.39 is 23.5 Å². The number of nitriles is 1. The summed E-state index contributed by atoms with van der Waals surface area (Å²) in [4.78, 5) is 38.5. The second-order valence-corrected chi connectivity index (χ2v) is 6.38. The van der Waals surface area contributed by atoms with E-state index in [9.17, 15) is 19.6 Å². The van der Waals surface area contributed by atoms with Gasteiger partial charge in [0.25, 0.3) is 0 Å². The molecule has 2 aromatic rings. The Bertz CT molecular complexity index is 1050. The molecule has 0 saturated carbocycles. The van der Waals surface area contributed by atoms with E-state index in [0.717, 1.165) is 0 Å². The number of ether oxygens (including phenoxy) is 1. The first kappa shape index (κ1) is 19.3. The lowest BCUT2D eigenvalue weighted by Gasteiger charge is -2.24. The Hall–Kier alpha value is -3.43. The minimum atomic E-state index is -1.54. The number of esters is 1. The van der Waals surface area contributed by atoms with Crippen molar-refractivity contribution in [1.82, 2.24) is 0 Å². The number of ketones is 2. The average molecular weight is 395 g/mol. The van der Waals surface area contributed by atoms with Gasteiger partial charge in [0.05, 0.1) is 23.9 Å². The zero-order valence-corrected chi connectivity index (χ0v) is 15.6. The van der Waals surface area contributed by atoms with E-state index in [4.69, 9.17) is 16.3 Å². The molecule has 0 saturated heterocycles. The van der Waals surface area contributed by atoms with Crippen molar-refractivity contribution in [2.45, 2.75) is 6.92 Å². The van der Waals surface area contributed by atoms with E-state index in [1.165, 1.54) is 12.1 Å². The molecule has 1 aliphatic carbocycles. The monoisotopic (exact) mass is 394 g/mol. The highest BCUT2D eigenvalue weighted by molar-refractivity contribution is 6.31. The van der Waals surface area contributed by atoms with Crippen molar-refractivity contribution >= 4 is 34.8 Å². The number of rotatable bonds is 5. The number of hydrogen-bond acceptors (Lipinski definition) is 6. The zero-order chi connectivity index (χ0) is 20.3. The van der Waals surface area contributed by atoms with Crippen molar-refractivity contribution in [3.05, 3.63) is 76.0 Å². The van der Waals surface area contributed by atoms with E-state index in [-0.39, 0.29) is 29.0 Å². The van der Waals surface area contributed by atoms with Crippen LogP contribution in [0.4, 0.5) is 5.69 Å². The van der Waals surface area contributed by atoms with Crippen LogP contribution in [0.2, 0.25) is 5.02 Å². The maximum absolute atomic E-state index is 13.1. The molecule has 0 fully saturated rings. The molecule has 0 heterocycles. The second kappa shape index (κ2) is 8.07. The molecule has 28 heavy (non-hydrogen) atoms. The van der Waals surface area contributed by atoms with Crippen LogP contribution in [0.25, 0.3) is 0 Å². The Morgan fingerprint density at radius 1 is 1.14 bits per heavy atom. The number of nitrogens with zero attached hydrogens (tertiary/aromatic N) is 1. The predicted molar refractivity (Wildman–Crippen MR) is 103 cm³/mol. The third-order valence-corrected chi connectivity index (χ3v) is 4.43. The van der Waals surface area contributed by atoms with Gasteiger partial charge in [0.15, 0.2) is 11.7 Å². The number of halogens is 1. The van der Waals surface area contributed by atoms with Crippen molar-refractivity contribution in [3.8, 4) is 6.07 Å². The lowest BCUT2D eigenvalue weighted by Crippen LogP contribution is -2.32. The number of nitrogens with one attached hydrogen (secondary N) is 1. The quantitative estimate of drug-likeness (QED) is 0.775. The van der Waals surface area contributed by atoms with Gasteiger partial charge in [-0.3, -0.25) is 14.4 Å². The normalized spacial score (nSPS) is 14.2. The maximum atomic E-state index is 13.1. The zero-order valence-electron chi connectivity index (χ0n) is 14.9. The molecule has 0 aliphatic heterocycles. The van der Waals surface area contributed by atoms with E-state index >= 15 is 0 Å². The Morgan fingerprint density at radius 3 is 2.43 bits per heavy atom. The Kier molecular flexibility index (Phi) is 5.57. The van der Waals surface area contributed by atoms with Gasteiger partial charge in [-0.2, -0.15) is 5.26 Å². The van der Waals surface area contributed by atoms with Crippen molar-refractivity contribution in [3.63, 3.8) is 0 Å². The molecule has 140 valence electrons. The molecule has 3 rings (SSSR count). The van der Waals surface area contributed by atoms with Crippen LogP contribution in [0.3, 0.4) is 0 Å². The first-order valence-corrected chi connectivity index (χ1v) is 8.87. The number of carbonyl (C=O) groups is 3. The Balaban J connectivity index is 2.19. The highest BCUT2D eigenvalue weighted by Crippen LogP contribution is 2.32. The SMILES string of the molecule is CCOC(=O)C(C#N)C1=C(Nc2cccc(Cl)c2)C(=O)c2ccccc2C1=O. The van der Waals surface area contributed by atoms with Crippen molar-refractivity contribution in [2.75, 3.05) is 11.9 Å². The molecular formula is C21H15ClN2O4. The molecule has 2 aromatic carbocycles. The van der Waals surface area contributed by atoms with Crippen LogP contribution in [-0.2, 0) is 9.53 Å². The van der Waals surface area contributed by atoms with E-state index in [0.29, 0.717) is 10.7 Å². The molecule has 0 spiro atoms. The summed E-state index contributed by atoms with van der Waals surface area (Å²) in [5.41, 5.74) is 0.418. The van der Waals surface area contributed by atoms with Crippen LogP contribution in [0.1, 0.15) is 27.6 Å². The van der Waals surface area contributed by atoms with Gasteiger partial charge in [0, 0.05) is 21.8 Å². The fraction of sp³-hybridized carbons (Fsp3) is 0.143. The summed E-state index contributed by atoms with van der Waals surface area (Å²) in [7, 11) is 0. The maximum Gasteiger partial charge on any atom is 0.328 e. The van der Waals surface area contributed by atoms with Gasteiger partial charge in [-0.1, -0.05) is 41.9 Å². The van der Waals surface area contributed by atoms with Gasteiger partial charge in [-0.25, -0.2) is 0 Å². The largest absolute Gasteiger partial charge is 0.465 e. The molecular weight excluding hydrogens is 380 g/mol. The molecule has 6 nitrogen and oxygen atoms in total. The lowest BCUT2D eigenvalue weighted by atomic mass is 9.81. The molecule has 1 atom stereocenters. The summed E-state index contributed by atoms with van der Waals surface area (Å²) in [6, 6.07) is 14.6. The van der Waals surface area contributed by atoms with Gasteiger partial charge in [0.2, 0.25) is 5.78 Å². The fourth-order valence-electron chi connectivity index (χ4n) is 2.97.